The van der Waals surface area contributed by atoms with E-state index < -0.39 is 5.54 Å². The fraction of sp³-hybridized carbons (Fsp3) is 0.296. The van der Waals surface area contributed by atoms with E-state index >= 15 is 0 Å². The van der Waals surface area contributed by atoms with Crippen LogP contribution in [0.5, 0.6) is 5.75 Å². The number of hydrogen-bond acceptors (Lipinski definition) is 4. The second kappa shape index (κ2) is 8.53. The summed E-state index contributed by atoms with van der Waals surface area (Å²) < 4.78 is 0. The van der Waals surface area contributed by atoms with Gasteiger partial charge in [0.15, 0.2) is 0 Å². The van der Waals surface area contributed by atoms with Crippen LogP contribution in [0.4, 0.5) is 0 Å². The lowest BCUT2D eigenvalue weighted by molar-refractivity contribution is -0.133. The highest BCUT2D eigenvalue weighted by Crippen LogP contribution is 2.51. The van der Waals surface area contributed by atoms with E-state index in [-0.39, 0.29) is 17.7 Å². The van der Waals surface area contributed by atoms with Crippen LogP contribution in [-0.2, 0) is 11.2 Å². The van der Waals surface area contributed by atoms with Crippen molar-refractivity contribution in [1.29, 1.82) is 0 Å². The summed E-state index contributed by atoms with van der Waals surface area (Å²) in [6.45, 7) is 12.2. The van der Waals surface area contributed by atoms with E-state index in [0.717, 1.165) is 47.2 Å². The van der Waals surface area contributed by atoms with Crippen LogP contribution in [0, 0.1) is 0 Å². The van der Waals surface area contributed by atoms with Crippen molar-refractivity contribution < 1.29 is 9.90 Å². The Bertz CT molecular complexity index is 1300. The zero-order valence-corrected chi connectivity index (χ0v) is 20.0. The minimum absolute atomic E-state index is 0.0494. The first kappa shape index (κ1) is 22.6. The zero-order chi connectivity index (χ0) is 24.0. The number of aromatic amines is 1. The molecule has 2 aliphatic heterocycles. The largest absolute Gasteiger partial charge is 0.508 e. The van der Waals surface area contributed by atoms with Gasteiger partial charge in [0, 0.05) is 41.1 Å². The number of phenolic OH excluding ortho intramolecular Hbond substituents is 1. The number of amides is 1. The van der Waals surface area contributed by atoms with Gasteiger partial charge in [-0.2, -0.15) is 0 Å². The predicted octanol–water partition coefficient (Wildman–Crippen LogP) is 4.71. The number of aromatic hydroxyl groups is 1. The topological polar surface area (TPSA) is 71.6 Å². The van der Waals surface area contributed by atoms with Gasteiger partial charge in [-0.1, -0.05) is 36.4 Å². The van der Waals surface area contributed by atoms with Gasteiger partial charge < -0.3 is 20.3 Å². The van der Waals surface area contributed by atoms with Gasteiger partial charge in [-0.25, -0.2) is 0 Å². The second-order valence-electron chi connectivity index (χ2n) is 9.24. The predicted molar refractivity (Wildman–Crippen MR) is 136 cm³/mol. The normalized spacial score (nSPS) is 21.8. The van der Waals surface area contributed by atoms with Gasteiger partial charge in [-0.3, -0.25) is 9.69 Å². The van der Waals surface area contributed by atoms with Gasteiger partial charge in [0.2, 0.25) is 0 Å². The fourth-order valence-corrected chi connectivity index (χ4v) is 5.64. The number of hydrogen-bond donors (Lipinski definition) is 3. The molecule has 0 radical (unpaired) electrons. The maximum Gasteiger partial charge on any atom is 0.254 e. The van der Waals surface area contributed by atoms with Crippen LogP contribution in [0.2, 0.25) is 5.02 Å². The highest BCUT2D eigenvalue weighted by atomic mass is 35.5. The summed E-state index contributed by atoms with van der Waals surface area (Å²) in [5.41, 5.74) is 3.16. The van der Waals surface area contributed by atoms with E-state index in [1.54, 1.807) is 12.1 Å². The molecule has 0 bridgehead atoms. The van der Waals surface area contributed by atoms with E-state index in [1.165, 1.54) is 0 Å². The number of phenols is 1. The lowest BCUT2D eigenvalue weighted by atomic mass is 9.81. The number of H-pyrrole nitrogens is 1. The fourth-order valence-electron chi connectivity index (χ4n) is 5.47. The van der Waals surface area contributed by atoms with E-state index in [1.807, 2.05) is 48.2 Å². The maximum atomic E-state index is 13.9. The van der Waals surface area contributed by atoms with Crippen LogP contribution in [0.25, 0.3) is 10.9 Å². The van der Waals surface area contributed by atoms with Gasteiger partial charge in [0.05, 0.1) is 6.04 Å². The number of nitrogens with one attached hydrogen (secondary N) is 2. The van der Waals surface area contributed by atoms with E-state index in [0.29, 0.717) is 23.8 Å². The van der Waals surface area contributed by atoms with Crippen molar-refractivity contribution in [3.63, 3.8) is 0 Å². The number of nitrogens with zero attached hydrogens (tertiary/aromatic N) is 2. The molecule has 1 amide bonds. The van der Waals surface area contributed by atoms with Crippen LogP contribution in [0.1, 0.15) is 36.2 Å². The first-order chi connectivity index (χ1) is 16.3. The molecule has 0 saturated carbocycles. The Balaban J connectivity index is 1.60. The number of carbonyl (C=O) groups excluding carboxylic acids is 1. The number of carbonyl (C=O) groups is 1. The molecular weight excluding hydrogens is 448 g/mol. The van der Waals surface area contributed by atoms with Crippen LogP contribution in [-0.4, -0.2) is 51.0 Å². The molecule has 5 rings (SSSR count). The SMILES string of the molecule is C=CCNCCCN1C(=C)N2[C@H](c3cccc(O)c3)c3[nH]c4ccc(Cl)cc4c3C[C@@]2(C)C1=O. The van der Waals surface area contributed by atoms with Gasteiger partial charge in [-0.15, -0.1) is 6.58 Å². The standard InChI is InChI=1S/C27H29ClN4O2/c1-4-11-29-12-6-13-31-17(2)32-25(18-7-5-8-20(33)14-18)24-22(16-27(32,3)26(31)34)21-15-19(28)9-10-23(21)30-24/h4-5,7-10,14-15,25,29-30,33H,1-2,6,11-13,16H2,3H3/t25-,27+/m1/s1. The summed E-state index contributed by atoms with van der Waals surface area (Å²) >= 11 is 6.35. The molecule has 1 saturated heterocycles. The minimum Gasteiger partial charge on any atom is -0.508 e. The highest BCUT2D eigenvalue weighted by Gasteiger charge is 2.57. The van der Waals surface area contributed by atoms with Crippen molar-refractivity contribution in [3.8, 4) is 5.75 Å². The molecule has 3 N–H and O–H groups in total. The Labute approximate surface area is 204 Å². The van der Waals surface area contributed by atoms with Crippen LogP contribution in [0.15, 0.2) is 67.5 Å². The third-order valence-corrected chi connectivity index (χ3v) is 7.23. The third-order valence-electron chi connectivity index (χ3n) is 6.99. The summed E-state index contributed by atoms with van der Waals surface area (Å²) in [5.74, 6) is 0.923. The van der Waals surface area contributed by atoms with Crippen molar-refractivity contribution in [2.75, 3.05) is 19.6 Å². The number of rotatable bonds is 7. The van der Waals surface area contributed by atoms with Gasteiger partial charge >= 0.3 is 0 Å². The van der Waals surface area contributed by atoms with Gasteiger partial charge in [0.1, 0.15) is 17.1 Å². The molecule has 6 nitrogen and oxygen atoms in total. The average molecular weight is 477 g/mol. The zero-order valence-electron chi connectivity index (χ0n) is 19.3. The Morgan fingerprint density at radius 1 is 1.32 bits per heavy atom. The molecule has 0 unspecified atom stereocenters. The lowest BCUT2D eigenvalue weighted by Crippen LogP contribution is -2.52. The third kappa shape index (κ3) is 3.49. The molecule has 3 aromatic rings. The minimum atomic E-state index is -0.799. The Morgan fingerprint density at radius 3 is 2.91 bits per heavy atom. The summed E-state index contributed by atoms with van der Waals surface area (Å²) in [7, 11) is 0. The van der Waals surface area contributed by atoms with Crippen molar-refractivity contribution in [2.24, 2.45) is 0 Å². The second-order valence-corrected chi connectivity index (χ2v) is 9.68. The molecule has 2 atom stereocenters. The molecule has 2 aromatic carbocycles. The quantitative estimate of drug-likeness (QED) is 0.341. The molecule has 34 heavy (non-hydrogen) atoms. The average Bonchev–Trinajstić information content (AvgIpc) is 3.24. The summed E-state index contributed by atoms with van der Waals surface area (Å²) in [6.07, 6.45) is 3.18. The van der Waals surface area contributed by atoms with Gasteiger partial charge in [0.25, 0.3) is 5.91 Å². The van der Waals surface area contributed by atoms with Gasteiger partial charge in [-0.05, 0) is 61.3 Å². The Kier molecular flexibility index (Phi) is 5.66. The smallest absolute Gasteiger partial charge is 0.254 e. The maximum absolute atomic E-state index is 13.9. The molecular formula is C27H29ClN4O2. The molecule has 176 valence electrons. The number of halogens is 1. The Morgan fingerprint density at radius 2 is 2.15 bits per heavy atom. The van der Waals surface area contributed by atoms with Crippen LogP contribution < -0.4 is 5.32 Å². The van der Waals surface area contributed by atoms with Crippen molar-refractivity contribution >= 4 is 28.4 Å². The summed E-state index contributed by atoms with van der Waals surface area (Å²) in [4.78, 5) is 21.4. The van der Waals surface area contributed by atoms with E-state index in [2.05, 4.69) is 28.4 Å². The Hall–Kier alpha value is -3.22. The van der Waals surface area contributed by atoms with E-state index in [9.17, 15) is 9.90 Å². The van der Waals surface area contributed by atoms with Crippen molar-refractivity contribution in [1.82, 2.24) is 20.1 Å². The van der Waals surface area contributed by atoms with Crippen molar-refractivity contribution in [3.05, 3.63) is 89.4 Å². The molecule has 7 heteroatoms. The first-order valence-electron chi connectivity index (χ1n) is 11.6. The molecule has 3 heterocycles. The molecule has 0 aliphatic carbocycles. The molecule has 2 aliphatic rings. The molecule has 1 fully saturated rings. The number of fused-ring (bicyclic) bond motifs is 4. The van der Waals surface area contributed by atoms with Crippen molar-refractivity contribution in [2.45, 2.75) is 31.3 Å². The lowest BCUT2D eigenvalue weighted by Gasteiger charge is -2.44. The first-order valence-corrected chi connectivity index (χ1v) is 11.9. The van der Waals surface area contributed by atoms with Crippen LogP contribution in [0.3, 0.4) is 0 Å². The summed E-state index contributed by atoms with van der Waals surface area (Å²) in [5, 5.41) is 15.2. The molecule has 0 spiro atoms. The number of aromatic nitrogens is 1. The number of benzene rings is 2. The molecule has 1 aromatic heterocycles. The van der Waals surface area contributed by atoms with Crippen LogP contribution >= 0.6 is 11.6 Å². The van der Waals surface area contributed by atoms with E-state index in [4.69, 9.17) is 11.6 Å². The summed E-state index contributed by atoms with van der Waals surface area (Å²) in [6, 6.07) is 12.7. The highest BCUT2D eigenvalue weighted by molar-refractivity contribution is 6.31. The monoisotopic (exact) mass is 476 g/mol.